The Morgan fingerprint density at radius 3 is 2.46 bits per heavy atom. The van der Waals surface area contributed by atoms with Crippen molar-refractivity contribution in [3.63, 3.8) is 0 Å². The Hall–Kier alpha value is -2.63. The van der Waals surface area contributed by atoms with Gasteiger partial charge in [0.1, 0.15) is 5.75 Å². The molecule has 1 aliphatic carbocycles. The molecule has 2 aliphatic rings. The average molecular weight is 551 g/mol. The van der Waals surface area contributed by atoms with Crippen LogP contribution in [0.25, 0.3) is 0 Å². The highest BCUT2D eigenvalue weighted by molar-refractivity contribution is 7.89. The summed E-state index contributed by atoms with van der Waals surface area (Å²) in [5, 5.41) is 13.0. The summed E-state index contributed by atoms with van der Waals surface area (Å²) in [6.45, 7) is -0.438. The van der Waals surface area contributed by atoms with Gasteiger partial charge in [-0.25, -0.2) is 8.42 Å². The number of benzene rings is 2. The van der Waals surface area contributed by atoms with Gasteiger partial charge in [-0.2, -0.15) is 4.31 Å². The van der Waals surface area contributed by atoms with Crippen LogP contribution in [0, 0.1) is 0 Å². The van der Waals surface area contributed by atoms with Crippen LogP contribution in [0.1, 0.15) is 30.7 Å². The summed E-state index contributed by atoms with van der Waals surface area (Å²) in [4.78, 5) is 12.8. The standard InChI is InChI=1S/C26H31ClN2O7S/c1-34-22-8-10-23(11-9-22)37(32,33)29(12-14-30)13-15-35-25-17-19(18-2-4-20(27)5-3-18)16-24(36-25)26(31)28-21-6-7-21/h2-5,8-11,16,19,21,25,30H,6-7,12-15,17H2,1H3,(H,28,31)/t19-,25+/m0/s1. The Bertz CT molecular complexity index is 1200. The maximum absolute atomic E-state index is 13.1. The first-order valence-electron chi connectivity index (χ1n) is 12.1. The fraction of sp³-hybridized carbons (Fsp3) is 0.423. The smallest absolute Gasteiger partial charge is 0.286 e. The van der Waals surface area contributed by atoms with Crippen molar-refractivity contribution in [1.82, 2.24) is 9.62 Å². The first-order chi connectivity index (χ1) is 17.8. The Morgan fingerprint density at radius 2 is 1.84 bits per heavy atom. The summed E-state index contributed by atoms with van der Waals surface area (Å²) in [7, 11) is -2.37. The second-order valence-corrected chi connectivity index (χ2v) is 11.3. The van der Waals surface area contributed by atoms with Crippen LogP contribution < -0.4 is 10.1 Å². The van der Waals surface area contributed by atoms with Crippen LogP contribution in [-0.4, -0.2) is 69.5 Å². The van der Waals surface area contributed by atoms with E-state index in [4.69, 9.17) is 25.8 Å². The first-order valence-corrected chi connectivity index (χ1v) is 13.9. The fourth-order valence-corrected chi connectivity index (χ4v) is 5.53. The fourth-order valence-electron chi connectivity index (χ4n) is 3.99. The van der Waals surface area contributed by atoms with E-state index < -0.39 is 16.3 Å². The van der Waals surface area contributed by atoms with E-state index in [1.807, 2.05) is 12.1 Å². The minimum atomic E-state index is -3.87. The lowest BCUT2D eigenvalue weighted by Gasteiger charge is -2.30. The van der Waals surface area contributed by atoms with Gasteiger partial charge in [0.05, 0.1) is 25.2 Å². The highest BCUT2D eigenvalue weighted by Crippen LogP contribution is 2.32. The van der Waals surface area contributed by atoms with E-state index in [2.05, 4.69) is 5.32 Å². The van der Waals surface area contributed by atoms with Gasteiger partial charge in [-0.3, -0.25) is 4.79 Å². The summed E-state index contributed by atoms with van der Waals surface area (Å²) in [6, 6.07) is 13.6. The lowest BCUT2D eigenvalue weighted by molar-refractivity contribution is -0.146. The number of amides is 1. The van der Waals surface area contributed by atoms with E-state index in [1.165, 1.54) is 19.2 Å². The predicted molar refractivity (Wildman–Crippen MR) is 138 cm³/mol. The van der Waals surface area contributed by atoms with Gasteiger partial charge in [0.15, 0.2) is 5.76 Å². The van der Waals surface area contributed by atoms with Crippen LogP contribution in [0.5, 0.6) is 5.75 Å². The topological polar surface area (TPSA) is 114 Å². The summed E-state index contributed by atoms with van der Waals surface area (Å²) >= 11 is 6.04. The molecule has 4 rings (SSSR count). The Morgan fingerprint density at radius 1 is 1.14 bits per heavy atom. The molecule has 37 heavy (non-hydrogen) atoms. The number of aliphatic hydroxyl groups is 1. The van der Waals surface area contributed by atoms with Gasteiger partial charge >= 0.3 is 0 Å². The molecule has 0 radical (unpaired) electrons. The summed E-state index contributed by atoms with van der Waals surface area (Å²) in [5.74, 6) is 0.280. The third-order valence-electron chi connectivity index (χ3n) is 6.18. The molecule has 2 atom stereocenters. The average Bonchev–Trinajstić information content (AvgIpc) is 3.72. The number of nitrogens with one attached hydrogen (secondary N) is 1. The van der Waals surface area contributed by atoms with Crippen molar-refractivity contribution < 1.29 is 32.5 Å². The van der Waals surface area contributed by atoms with Gasteiger partial charge in [-0.15, -0.1) is 0 Å². The highest BCUT2D eigenvalue weighted by Gasteiger charge is 2.32. The Balaban J connectivity index is 1.43. The van der Waals surface area contributed by atoms with Crippen LogP contribution in [0.4, 0.5) is 0 Å². The second-order valence-electron chi connectivity index (χ2n) is 8.89. The van der Waals surface area contributed by atoms with E-state index in [1.54, 1.807) is 30.3 Å². The van der Waals surface area contributed by atoms with E-state index >= 15 is 0 Å². The van der Waals surface area contributed by atoms with Crippen molar-refractivity contribution in [3.05, 3.63) is 71.0 Å². The third kappa shape index (κ3) is 7.24. The molecule has 200 valence electrons. The molecule has 0 saturated heterocycles. The number of allylic oxidation sites excluding steroid dienone is 1. The van der Waals surface area contributed by atoms with Gasteiger partial charge < -0.3 is 24.6 Å². The van der Waals surface area contributed by atoms with Crippen LogP contribution in [0.15, 0.2) is 65.3 Å². The molecule has 2 aromatic carbocycles. The van der Waals surface area contributed by atoms with Crippen molar-refractivity contribution in [2.45, 2.75) is 42.4 Å². The molecule has 1 amide bonds. The number of nitrogens with zero attached hydrogens (tertiary/aromatic N) is 1. The third-order valence-corrected chi connectivity index (χ3v) is 8.35. The van der Waals surface area contributed by atoms with Crippen LogP contribution in [-0.2, 0) is 24.3 Å². The zero-order chi connectivity index (χ0) is 26.4. The molecule has 11 heteroatoms. The monoisotopic (exact) mass is 550 g/mol. The molecule has 1 aliphatic heterocycles. The molecular formula is C26H31ClN2O7S. The predicted octanol–water partition coefficient (Wildman–Crippen LogP) is 3.04. The normalized spacial score (nSPS) is 19.7. The summed E-state index contributed by atoms with van der Waals surface area (Å²) < 4.78 is 44.3. The second kappa shape index (κ2) is 12.3. The summed E-state index contributed by atoms with van der Waals surface area (Å²) in [6.07, 6.45) is 3.36. The number of hydrogen-bond donors (Lipinski definition) is 2. The number of carbonyl (C=O) groups excluding carboxylic acids is 1. The van der Waals surface area contributed by atoms with Crippen molar-refractivity contribution in [1.29, 1.82) is 0 Å². The quantitative estimate of drug-likeness (QED) is 0.417. The van der Waals surface area contributed by atoms with Gasteiger partial charge in [0, 0.05) is 36.5 Å². The Labute approximate surface area is 222 Å². The number of carbonyl (C=O) groups is 1. The van der Waals surface area contributed by atoms with Gasteiger partial charge in [-0.05, 0) is 60.9 Å². The minimum absolute atomic E-state index is 0.00487. The van der Waals surface area contributed by atoms with Gasteiger partial charge in [-0.1, -0.05) is 23.7 Å². The molecule has 9 nitrogen and oxygen atoms in total. The number of aliphatic hydroxyl groups excluding tert-OH is 1. The molecule has 1 fully saturated rings. The zero-order valence-electron chi connectivity index (χ0n) is 20.5. The molecule has 1 heterocycles. The number of ether oxygens (including phenoxy) is 3. The van der Waals surface area contributed by atoms with Crippen molar-refractivity contribution in [2.75, 3.05) is 33.4 Å². The van der Waals surface area contributed by atoms with E-state index in [0.717, 1.165) is 22.7 Å². The van der Waals surface area contributed by atoms with Crippen LogP contribution >= 0.6 is 11.6 Å². The first kappa shape index (κ1) is 27.4. The maximum atomic E-state index is 13.1. The van der Waals surface area contributed by atoms with E-state index in [-0.39, 0.29) is 54.8 Å². The number of rotatable bonds is 12. The Kier molecular flexibility index (Phi) is 9.09. The molecular weight excluding hydrogens is 520 g/mol. The van der Waals surface area contributed by atoms with Gasteiger partial charge in [0.25, 0.3) is 5.91 Å². The molecule has 2 aromatic rings. The number of halogens is 1. The number of methoxy groups -OCH3 is 1. The largest absolute Gasteiger partial charge is 0.497 e. The van der Waals surface area contributed by atoms with E-state index in [9.17, 15) is 18.3 Å². The van der Waals surface area contributed by atoms with Crippen LogP contribution in [0.3, 0.4) is 0 Å². The van der Waals surface area contributed by atoms with E-state index in [0.29, 0.717) is 17.2 Å². The minimum Gasteiger partial charge on any atom is -0.497 e. The molecule has 0 bridgehead atoms. The zero-order valence-corrected chi connectivity index (χ0v) is 22.1. The molecule has 0 spiro atoms. The van der Waals surface area contributed by atoms with Crippen molar-refractivity contribution >= 4 is 27.5 Å². The molecule has 0 unspecified atom stereocenters. The summed E-state index contributed by atoms with van der Waals surface area (Å²) in [5.41, 5.74) is 0.960. The lowest BCUT2D eigenvalue weighted by atomic mass is 9.93. The van der Waals surface area contributed by atoms with Crippen LogP contribution in [0.2, 0.25) is 5.02 Å². The highest BCUT2D eigenvalue weighted by atomic mass is 35.5. The molecule has 1 saturated carbocycles. The SMILES string of the molecule is COc1ccc(S(=O)(=O)N(CCO)CCO[C@H]2C[C@@H](c3ccc(Cl)cc3)C=C(C(=O)NC3CC3)O2)cc1. The van der Waals surface area contributed by atoms with Crippen molar-refractivity contribution in [2.24, 2.45) is 0 Å². The molecule has 2 N–H and O–H groups in total. The van der Waals surface area contributed by atoms with Crippen molar-refractivity contribution in [3.8, 4) is 5.75 Å². The lowest BCUT2D eigenvalue weighted by Crippen LogP contribution is -2.38. The number of hydrogen-bond acceptors (Lipinski definition) is 7. The number of sulfonamides is 1. The van der Waals surface area contributed by atoms with Gasteiger partial charge in [0.2, 0.25) is 16.3 Å². The maximum Gasteiger partial charge on any atom is 0.286 e. The molecule has 0 aromatic heterocycles.